The van der Waals surface area contributed by atoms with E-state index in [0.717, 1.165) is 17.9 Å². The van der Waals surface area contributed by atoms with Gasteiger partial charge in [-0.2, -0.15) is 0 Å². The lowest BCUT2D eigenvalue weighted by molar-refractivity contribution is -0.136. The van der Waals surface area contributed by atoms with Crippen molar-refractivity contribution in [1.82, 2.24) is 10.2 Å². The molecule has 4 amide bonds. The highest BCUT2D eigenvalue weighted by Gasteiger charge is 2.45. The number of hydrogen-bond acceptors (Lipinski definition) is 10. The first-order valence-corrected chi connectivity index (χ1v) is 16.1. The maximum atomic E-state index is 13.1. The maximum absolute atomic E-state index is 13.1. The predicted molar refractivity (Wildman–Crippen MR) is 163 cm³/mol. The lowest BCUT2D eigenvalue weighted by Crippen LogP contribution is -2.54. The molecule has 1 aromatic carbocycles. The molecule has 2 aliphatic heterocycles. The van der Waals surface area contributed by atoms with E-state index in [1.54, 1.807) is 18.2 Å². The van der Waals surface area contributed by atoms with Gasteiger partial charge in [0.15, 0.2) is 0 Å². The Morgan fingerprint density at radius 2 is 1.36 bits per heavy atom. The smallest absolute Gasteiger partial charge is 0.264 e. The molecule has 0 spiro atoms. The fourth-order valence-electron chi connectivity index (χ4n) is 4.55. The van der Waals surface area contributed by atoms with E-state index in [4.69, 9.17) is 23.7 Å². The van der Waals surface area contributed by atoms with Crippen LogP contribution >= 0.6 is 22.6 Å². The topological polar surface area (TPSA) is 142 Å². The average Bonchev–Trinajstić information content (AvgIpc) is 3.23. The lowest BCUT2D eigenvalue weighted by Gasteiger charge is -2.27. The quantitative estimate of drug-likeness (QED) is 0.0757. The summed E-state index contributed by atoms with van der Waals surface area (Å²) in [5, 5.41) is 5.33. The Hall–Kier alpha value is -2.17. The van der Waals surface area contributed by atoms with Gasteiger partial charge in [-0.3, -0.25) is 29.4 Å². The molecule has 1 atom stereocenters. The van der Waals surface area contributed by atoms with E-state index < -0.39 is 29.7 Å². The summed E-state index contributed by atoms with van der Waals surface area (Å²) in [7, 11) is 0. The number of imide groups is 2. The zero-order valence-corrected chi connectivity index (χ0v) is 26.2. The molecule has 42 heavy (non-hydrogen) atoms. The molecular formula is C29H42IN3O9. The van der Waals surface area contributed by atoms with Gasteiger partial charge in [0.05, 0.1) is 70.6 Å². The average molecular weight is 704 g/mol. The van der Waals surface area contributed by atoms with Crippen LogP contribution < -0.4 is 10.6 Å². The fraction of sp³-hybridized carbons (Fsp3) is 0.655. The molecule has 0 aromatic heterocycles. The zero-order valence-electron chi connectivity index (χ0n) is 24.0. The van der Waals surface area contributed by atoms with Crippen molar-refractivity contribution in [1.29, 1.82) is 0 Å². The number of piperidine rings is 1. The van der Waals surface area contributed by atoms with Crippen LogP contribution in [0, 0.1) is 0 Å². The second-order valence-corrected chi connectivity index (χ2v) is 10.8. The van der Waals surface area contributed by atoms with Gasteiger partial charge in [0.2, 0.25) is 11.8 Å². The Morgan fingerprint density at radius 3 is 1.98 bits per heavy atom. The first-order chi connectivity index (χ1) is 20.5. The number of hydrogen-bond donors (Lipinski definition) is 2. The van der Waals surface area contributed by atoms with Gasteiger partial charge in [0.25, 0.3) is 11.8 Å². The van der Waals surface area contributed by atoms with Gasteiger partial charge in [-0.25, -0.2) is 0 Å². The summed E-state index contributed by atoms with van der Waals surface area (Å²) in [6.45, 7) is 5.52. The summed E-state index contributed by atoms with van der Waals surface area (Å²) >= 11 is 2.41. The standard InChI is InChI=1S/C29H42IN3O9/c30-10-3-1-2-4-12-38-14-16-40-18-20-42-21-19-41-17-15-39-13-11-31-23-7-5-6-22-26(23)29(37)33(28(22)36)24-8-9-25(34)32-27(24)35/h5-7,24,31H,1-4,8-21H2,(H,32,34,35). The highest BCUT2D eigenvalue weighted by molar-refractivity contribution is 14.1. The molecular weight excluding hydrogens is 661 g/mol. The molecule has 234 valence electrons. The van der Waals surface area contributed by atoms with Gasteiger partial charge < -0.3 is 29.0 Å². The van der Waals surface area contributed by atoms with Crippen LogP contribution in [0.1, 0.15) is 59.2 Å². The number of anilines is 1. The lowest BCUT2D eigenvalue weighted by atomic mass is 10.0. The first-order valence-electron chi connectivity index (χ1n) is 14.6. The summed E-state index contributed by atoms with van der Waals surface area (Å²) in [6.07, 6.45) is 5.08. The predicted octanol–water partition coefficient (Wildman–Crippen LogP) is 2.58. The first kappa shape index (κ1) is 34.3. The van der Waals surface area contributed by atoms with Crippen LogP contribution in [0.4, 0.5) is 5.69 Å². The van der Waals surface area contributed by atoms with Crippen molar-refractivity contribution in [2.24, 2.45) is 0 Å². The number of nitrogens with one attached hydrogen (secondary N) is 2. The van der Waals surface area contributed by atoms with Crippen molar-refractivity contribution >= 4 is 51.9 Å². The van der Waals surface area contributed by atoms with E-state index in [1.807, 2.05) is 0 Å². The number of unbranched alkanes of at least 4 members (excludes halogenated alkanes) is 3. The Bertz CT molecular complexity index is 1030. The number of halogens is 1. The van der Waals surface area contributed by atoms with Gasteiger partial charge in [0, 0.05) is 25.3 Å². The van der Waals surface area contributed by atoms with Crippen molar-refractivity contribution in [3.8, 4) is 0 Å². The number of rotatable bonds is 23. The highest BCUT2D eigenvalue weighted by Crippen LogP contribution is 2.32. The van der Waals surface area contributed by atoms with Crippen molar-refractivity contribution in [2.75, 3.05) is 82.4 Å². The third-order valence-electron chi connectivity index (χ3n) is 6.69. The SMILES string of the molecule is O=C1CCC(N2C(=O)c3cccc(NCCOCCOCCOCCOCCOCCCCCCI)c3C2=O)C(=O)N1. The Balaban J connectivity index is 1.17. The van der Waals surface area contributed by atoms with Crippen LogP contribution in [0.25, 0.3) is 0 Å². The molecule has 12 nitrogen and oxygen atoms in total. The normalized spacial score (nSPS) is 16.7. The summed E-state index contributed by atoms with van der Waals surface area (Å²) < 4.78 is 28.8. The van der Waals surface area contributed by atoms with Crippen LogP contribution in [0.3, 0.4) is 0 Å². The fourth-order valence-corrected chi connectivity index (χ4v) is 5.09. The molecule has 13 heteroatoms. The van der Waals surface area contributed by atoms with Crippen molar-refractivity contribution in [2.45, 2.75) is 44.6 Å². The molecule has 3 rings (SSSR count). The van der Waals surface area contributed by atoms with E-state index >= 15 is 0 Å². The van der Waals surface area contributed by atoms with Gasteiger partial charge in [-0.1, -0.05) is 41.5 Å². The second kappa shape index (κ2) is 19.9. The van der Waals surface area contributed by atoms with Crippen LogP contribution in [0.15, 0.2) is 18.2 Å². The molecule has 0 radical (unpaired) electrons. The van der Waals surface area contributed by atoms with Gasteiger partial charge >= 0.3 is 0 Å². The highest BCUT2D eigenvalue weighted by atomic mass is 127. The van der Waals surface area contributed by atoms with Crippen molar-refractivity contribution in [3.05, 3.63) is 29.3 Å². The number of fused-ring (bicyclic) bond motifs is 1. The molecule has 0 saturated carbocycles. The molecule has 1 aromatic rings. The molecule has 1 fully saturated rings. The van der Waals surface area contributed by atoms with Crippen LogP contribution in [0.5, 0.6) is 0 Å². The molecule has 0 bridgehead atoms. The van der Waals surface area contributed by atoms with Crippen LogP contribution in [-0.4, -0.2) is 112 Å². The summed E-state index contributed by atoms with van der Waals surface area (Å²) in [5.41, 5.74) is 0.948. The maximum Gasteiger partial charge on any atom is 0.264 e. The number of carbonyl (C=O) groups excluding carboxylic acids is 4. The number of benzene rings is 1. The number of ether oxygens (including phenoxy) is 5. The van der Waals surface area contributed by atoms with E-state index in [-0.39, 0.29) is 24.0 Å². The Kier molecular flexibility index (Phi) is 16.3. The minimum atomic E-state index is -0.996. The second-order valence-electron chi connectivity index (χ2n) is 9.77. The molecule has 1 unspecified atom stereocenters. The summed E-state index contributed by atoms with van der Waals surface area (Å²) in [4.78, 5) is 50.7. The number of carbonyl (C=O) groups is 4. The van der Waals surface area contributed by atoms with Crippen LogP contribution in [-0.2, 0) is 33.3 Å². The van der Waals surface area contributed by atoms with E-state index in [2.05, 4.69) is 33.2 Å². The molecule has 2 N–H and O–H groups in total. The summed E-state index contributed by atoms with van der Waals surface area (Å²) in [5.74, 6) is -2.12. The van der Waals surface area contributed by atoms with Gasteiger partial charge in [0.1, 0.15) is 6.04 Å². The van der Waals surface area contributed by atoms with Crippen molar-refractivity contribution < 1.29 is 42.9 Å². The van der Waals surface area contributed by atoms with Gasteiger partial charge in [-0.15, -0.1) is 0 Å². The molecule has 2 aliphatic rings. The number of nitrogens with zero attached hydrogens (tertiary/aromatic N) is 1. The zero-order chi connectivity index (χ0) is 30.0. The Labute approximate surface area is 260 Å². The molecule has 2 heterocycles. The van der Waals surface area contributed by atoms with Gasteiger partial charge in [-0.05, 0) is 35.8 Å². The number of amides is 4. The van der Waals surface area contributed by atoms with Crippen LogP contribution in [0.2, 0.25) is 0 Å². The minimum Gasteiger partial charge on any atom is -0.382 e. The Morgan fingerprint density at radius 1 is 0.762 bits per heavy atom. The van der Waals surface area contributed by atoms with E-state index in [1.165, 1.54) is 23.7 Å². The van der Waals surface area contributed by atoms with Crippen molar-refractivity contribution in [3.63, 3.8) is 0 Å². The third kappa shape index (κ3) is 11.2. The van der Waals surface area contributed by atoms with E-state index in [0.29, 0.717) is 71.7 Å². The minimum absolute atomic E-state index is 0.0768. The molecule has 1 saturated heterocycles. The monoisotopic (exact) mass is 703 g/mol. The summed E-state index contributed by atoms with van der Waals surface area (Å²) in [6, 6.07) is 3.94. The third-order valence-corrected chi connectivity index (χ3v) is 7.45. The molecule has 0 aliphatic carbocycles. The van der Waals surface area contributed by atoms with E-state index in [9.17, 15) is 19.2 Å². The number of alkyl halides is 1. The largest absolute Gasteiger partial charge is 0.382 e.